The number of rotatable bonds is 3. The molecule has 2 aliphatic rings. The van der Waals surface area contributed by atoms with Gasteiger partial charge in [0.1, 0.15) is 0 Å². The largest absolute Gasteiger partial charge is 0.312 e. The monoisotopic (exact) mass is 230 g/mol. The molecule has 1 aliphatic carbocycles. The molecule has 3 rings (SSSR count). The van der Waals surface area contributed by atoms with Crippen LogP contribution in [0.3, 0.4) is 0 Å². The van der Waals surface area contributed by atoms with Crippen LogP contribution in [0.5, 0.6) is 0 Å². The first-order chi connectivity index (χ1) is 8.31. The molecule has 1 fully saturated rings. The molecular formula is C15H22N2. The molecular weight excluding hydrogens is 208 g/mol. The smallest absolute Gasteiger partial charge is 0.0236 e. The molecule has 0 saturated heterocycles. The van der Waals surface area contributed by atoms with E-state index in [9.17, 15) is 0 Å². The lowest BCUT2D eigenvalue weighted by Gasteiger charge is -2.35. The Morgan fingerprint density at radius 2 is 2.00 bits per heavy atom. The van der Waals surface area contributed by atoms with Gasteiger partial charge >= 0.3 is 0 Å². The van der Waals surface area contributed by atoms with E-state index in [1.54, 1.807) is 0 Å². The second kappa shape index (κ2) is 4.79. The van der Waals surface area contributed by atoms with Crippen LogP contribution >= 0.6 is 0 Å². The fourth-order valence-corrected chi connectivity index (χ4v) is 3.04. The summed E-state index contributed by atoms with van der Waals surface area (Å²) >= 11 is 0. The lowest BCUT2D eigenvalue weighted by atomic mass is 9.81. The van der Waals surface area contributed by atoms with Crippen molar-refractivity contribution in [1.29, 1.82) is 0 Å². The molecule has 0 radical (unpaired) electrons. The highest BCUT2D eigenvalue weighted by Gasteiger charge is 2.26. The van der Waals surface area contributed by atoms with E-state index in [-0.39, 0.29) is 0 Å². The predicted octanol–water partition coefficient (Wildman–Crippen LogP) is 2.09. The molecule has 2 heteroatoms. The summed E-state index contributed by atoms with van der Waals surface area (Å²) in [5.74, 6) is 0.938. The van der Waals surface area contributed by atoms with Gasteiger partial charge in [0.05, 0.1) is 0 Å². The average Bonchev–Trinajstić information content (AvgIpc) is 2.33. The minimum absolute atomic E-state index is 0.612. The molecule has 92 valence electrons. The van der Waals surface area contributed by atoms with Crippen LogP contribution in [0.1, 0.15) is 30.9 Å². The zero-order valence-corrected chi connectivity index (χ0v) is 10.6. The van der Waals surface area contributed by atoms with Crippen molar-refractivity contribution < 1.29 is 0 Å². The summed E-state index contributed by atoms with van der Waals surface area (Å²) in [5, 5.41) is 7.32. The SMILES string of the molecule is CC1CC(NCC2Cc3ccccc3CN2)C1. The number of nitrogens with one attached hydrogen (secondary N) is 2. The van der Waals surface area contributed by atoms with Crippen LogP contribution in [-0.4, -0.2) is 18.6 Å². The Hall–Kier alpha value is -0.860. The molecule has 0 spiro atoms. The van der Waals surface area contributed by atoms with Gasteiger partial charge in [0.25, 0.3) is 0 Å². The average molecular weight is 230 g/mol. The van der Waals surface area contributed by atoms with Crippen molar-refractivity contribution in [2.45, 2.75) is 44.8 Å². The maximum Gasteiger partial charge on any atom is 0.0236 e. The zero-order valence-electron chi connectivity index (χ0n) is 10.6. The van der Waals surface area contributed by atoms with Gasteiger partial charge in [-0.05, 0) is 36.3 Å². The first-order valence-corrected chi connectivity index (χ1v) is 6.85. The molecule has 1 unspecified atom stereocenters. The molecule has 1 heterocycles. The minimum Gasteiger partial charge on any atom is -0.312 e. The molecule has 1 atom stereocenters. The maximum atomic E-state index is 3.69. The molecule has 1 aromatic rings. The van der Waals surface area contributed by atoms with E-state index in [1.165, 1.54) is 30.4 Å². The normalized spacial score (nSPS) is 31.7. The van der Waals surface area contributed by atoms with Crippen molar-refractivity contribution >= 4 is 0 Å². The van der Waals surface area contributed by atoms with Crippen LogP contribution in [0.15, 0.2) is 24.3 Å². The Morgan fingerprint density at radius 1 is 1.24 bits per heavy atom. The summed E-state index contributed by atoms with van der Waals surface area (Å²) in [5.41, 5.74) is 3.00. The summed E-state index contributed by atoms with van der Waals surface area (Å²) < 4.78 is 0. The Morgan fingerprint density at radius 3 is 2.76 bits per heavy atom. The van der Waals surface area contributed by atoms with E-state index in [0.29, 0.717) is 6.04 Å². The quantitative estimate of drug-likeness (QED) is 0.831. The van der Waals surface area contributed by atoms with Crippen LogP contribution in [0.4, 0.5) is 0 Å². The van der Waals surface area contributed by atoms with Crippen molar-refractivity contribution in [2.75, 3.05) is 6.54 Å². The standard InChI is InChI=1S/C15H22N2/c1-11-6-14(7-11)17-10-15-8-12-4-2-3-5-13(12)9-16-15/h2-5,11,14-17H,6-10H2,1H3. The molecule has 17 heavy (non-hydrogen) atoms. The Bertz CT molecular complexity index is 382. The number of hydrogen-bond acceptors (Lipinski definition) is 2. The first kappa shape index (κ1) is 11.2. The number of benzene rings is 1. The van der Waals surface area contributed by atoms with Gasteiger partial charge in [0.2, 0.25) is 0 Å². The van der Waals surface area contributed by atoms with Crippen molar-refractivity contribution in [1.82, 2.24) is 10.6 Å². The topological polar surface area (TPSA) is 24.1 Å². The summed E-state index contributed by atoms with van der Waals surface area (Å²) in [7, 11) is 0. The molecule has 0 aromatic heterocycles. The zero-order chi connectivity index (χ0) is 11.7. The van der Waals surface area contributed by atoms with Crippen LogP contribution < -0.4 is 10.6 Å². The predicted molar refractivity (Wildman–Crippen MR) is 71.0 cm³/mol. The van der Waals surface area contributed by atoms with Crippen LogP contribution in [0.2, 0.25) is 0 Å². The summed E-state index contributed by atoms with van der Waals surface area (Å²) in [4.78, 5) is 0. The van der Waals surface area contributed by atoms with Gasteiger partial charge in [-0.1, -0.05) is 31.2 Å². The van der Waals surface area contributed by atoms with Crippen molar-refractivity contribution in [3.8, 4) is 0 Å². The molecule has 2 nitrogen and oxygen atoms in total. The highest BCUT2D eigenvalue weighted by Crippen LogP contribution is 2.26. The Balaban J connectivity index is 1.50. The van der Waals surface area contributed by atoms with Crippen LogP contribution in [0, 0.1) is 5.92 Å². The fourth-order valence-electron chi connectivity index (χ4n) is 3.04. The van der Waals surface area contributed by atoms with Crippen molar-refractivity contribution in [3.63, 3.8) is 0 Å². The fraction of sp³-hybridized carbons (Fsp3) is 0.600. The first-order valence-electron chi connectivity index (χ1n) is 6.85. The lowest BCUT2D eigenvalue weighted by molar-refractivity contribution is 0.233. The third-order valence-corrected chi connectivity index (χ3v) is 4.19. The van der Waals surface area contributed by atoms with E-state index >= 15 is 0 Å². The lowest BCUT2D eigenvalue weighted by Crippen LogP contribution is -2.48. The Kier molecular flexibility index (Phi) is 3.17. The molecule has 1 aliphatic heterocycles. The molecule has 2 N–H and O–H groups in total. The van der Waals surface area contributed by atoms with Gasteiger partial charge in [-0.15, -0.1) is 0 Å². The number of hydrogen-bond donors (Lipinski definition) is 2. The van der Waals surface area contributed by atoms with Crippen LogP contribution in [-0.2, 0) is 13.0 Å². The van der Waals surface area contributed by atoms with Gasteiger partial charge in [-0.2, -0.15) is 0 Å². The maximum absolute atomic E-state index is 3.69. The van der Waals surface area contributed by atoms with Crippen molar-refractivity contribution in [3.05, 3.63) is 35.4 Å². The highest BCUT2D eigenvalue weighted by molar-refractivity contribution is 5.29. The van der Waals surface area contributed by atoms with Gasteiger partial charge in [0.15, 0.2) is 0 Å². The second-order valence-corrected chi connectivity index (χ2v) is 5.73. The van der Waals surface area contributed by atoms with E-state index in [2.05, 4.69) is 41.8 Å². The molecule has 0 amide bonds. The van der Waals surface area contributed by atoms with Gasteiger partial charge in [-0.3, -0.25) is 0 Å². The van der Waals surface area contributed by atoms with E-state index in [0.717, 1.165) is 25.0 Å². The van der Waals surface area contributed by atoms with Gasteiger partial charge in [0, 0.05) is 25.2 Å². The van der Waals surface area contributed by atoms with E-state index in [4.69, 9.17) is 0 Å². The van der Waals surface area contributed by atoms with E-state index in [1.807, 2.05) is 0 Å². The third kappa shape index (κ3) is 2.53. The van der Waals surface area contributed by atoms with E-state index < -0.39 is 0 Å². The number of fused-ring (bicyclic) bond motifs is 1. The summed E-state index contributed by atoms with van der Waals surface area (Å²) in [6, 6.07) is 10.2. The van der Waals surface area contributed by atoms with Crippen molar-refractivity contribution in [2.24, 2.45) is 5.92 Å². The molecule has 0 bridgehead atoms. The molecule has 1 saturated carbocycles. The summed E-state index contributed by atoms with van der Waals surface area (Å²) in [6.07, 6.45) is 3.90. The van der Waals surface area contributed by atoms with Gasteiger partial charge in [-0.25, -0.2) is 0 Å². The Labute approximate surface area is 104 Å². The minimum atomic E-state index is 0.612. The third-order valence-electron chi connectivity index (χ3n) is 4.19. The highest BCUT2D eigenvalue weighted by atomic mass is 15.0. The van der Waals surface area contributed by atoms with Gasteiger partial charge < -0.3 is 10.6 Å². The van der Waals surface area contributed by atoms with Crippen LogP contribution in [0.25, 0.3) is 0 Å². The summed E-state index contributed by atoms with van der Waals surface area (Å²) in [6.45, 7) is 4.49. The molecule has 1 aromatic carbocycles. The second-order valence-electron chi connectivity index (χ2n) is 5.73.